The van der Waals surface area contributed by atoms with Crippen molar-refractivity contribution in [3.63, 3.8) is 0 Å². The molecule has 0 aliphatic carbocycles. The van der Waals surface area contributed by atoms with Crippen molar-refractivity contribution < 1.29 is 4.79 Å². The molecule has 29 heavy (non-hydrogen) atoms. The zero-order valence-corrected chi connectivity index (χ0v) is 17.2. The van der Waals surface area contributed by atoms with Crippen molar-refractivity contribution >= 4 is 28.6 Å². The van der Waals surface area contributed by atoms with Crippen LogP contribution in [0.5, 0.6) is 0 Å². The predicted octanol–water partition coefficient (Wildman–Crippen LogP) is 5.10. The van der Waals surface area contributed by atoms with Gasteiger partial charge in [-0.2, -0.15) is 0 Å². The van der Waals surface area contributed by atoms with E-state index in [4.69, 9.17) is 4.98 Å². The Balaban J connectivity index is 1.47. The van der Waals surface area contributed by atoms with Gasteiger partial charge in [0.1, 0.15) is 5.82 Å². The number of H-pyrrole nitrogens is 1. The van der Waals surface area contributed by atoms with Crippen molar-refractivity contribution in [2.75, 3.05) is 30.3 Å². The van der Waals surface area contributed by atoms with E-state index >= 15 is 0 Å². The Labute approximate surface area is 171 Å². The van der Waals surface area contributed by atoms with Crippen LogP contribution in [-0.4, -0.2) is 40.5 Å². The summed E-state index contributed by atoms with van der Waals surface area (Å²) in [4.78, 5) is 23.1. The molecule has 3 N–H and O–H groups in total. The largest absolute Gasteiger partial charge is 0.360 e. The molecule has 0 atom stereocenters. The lowest BCUT2D eigenvalue weighted by molar-refractivity contribution is 0.213. The number of hydrogen-bond acceptors (Lipinski definition) is 3. The number of carbonyl (C=O) groups is 1. The number of para-hydroxylation sites is 1. The van der Waals surface area contributed by atoms with E-state index in [-0.39, 0.29) is 6.03 Å². The molecule has 0 unspecified atom stereocenters. The Morgan fingerprint density at radius 2 is 1.97 bits per heavy atom. The molecule has 1 aliphatic rings. The molecule has 0 spiro atoms. The lowest BCUT2D eigenvalue weighted by atomic mass is 9.90. The number of aromatic amines is 1. The topological polar surface area (TPSA) is 73.1 Å². The third-order valence-corrected chi connectivity index (χ3v) is 5.75. The summed E-state index contributed by atoms with van der Waals surface area (Å²) in [6.07, 6.45) is 5.61. The van der Waals surface area contributed by atoms with Gasteiger partial charge in [-0.15, -0.1) is 0 Å². The number of aromatic nitrogens is 2. The van der Waals surface area contributed by atoms with E-state index in [2.05, 4.69) is 33.6 Å². The third-order valence-electron chi connectivity index (χ3n) is 5.75. The quantitative estimate of drug-likeness (QED) is 0.566. The summed E-state index contributed by atoms with van der Waals surface area (Å²) in [5.41, 5.74) is 5.06. The third kappa shape index (κ3) is 4.43. The first kappa shape index (κ1) is 19.5. The lowest BCUT2D eigenvalue weighted by Crippen LogP contribution is -2.33. The van der Waals surface area contributed by atoms with Gasteiger partial charge in [-0.3, -0.25) is 5.32 Å². The zero-order valence-electron chi connectivity index (χ0n) is 17.2. The molecule has 1 aliphatic heterocycles. The summed E-state index contributed by atoms with van der Waals surface area (Å²) >= 11 is 0. The second-order valence-electron chi connectivity index (χ2n) is 7.85. The standard InChI is InChI=1S/C23H29N5O/c1-3-12-28-13-10-17(11-14-28)18-15-24-20-8-9-21(26-22(18)20)27-23(29)25-19-7-5-4-6-16(19)2/h4-9,15,17,24H,3,10-14H2,1-2H3,(H2,25,26,27,29). The zero-order chi connectivity index (χ0) is 20.2. The SMILES string of the molecule is CCCN1CCC(c2c[nH]c3ccc(NC(=O)Nc4ccccc4C)nc23)CC1. The Morgan fingerprint density at radius 3 is 2.72 bits per heavy atom. The van der Waals surface area contributed by atoms with E-state index in [1.165, 1.54) is 18.5 Å². The number of anilines is 2. The van der Waals surface area contributed by atoms with Gasteiger partial charge in [-0.05, 0) is 81.1 Å². The number of rotatable bonds is 5. The Morgan fingerprint density at radius 1 is 1.17 bits per heavy atom. The van der Waals surface area contributed by atoms with Crippen LogP contribution >= 0.6 is 0 Å². The normalized spacial score (nSPS) is 15.5. The van der Waals surface area contributed by atoms with Gasteiger partial charge in [0, 0.05) is 11.9 Å². The number of benzene rings is 1. The summed E-state index contributed by atoms with van der Waals surface area (Å²) in [6, 6.07) is 11.3. The van der Waals surface area contributed by atoms with Crippen LogP contribution in [0.4, 0.5) is 16.3 Å². The molecule has 1 saturated heterocycles. The molecule has 6 nitrogen and oxygen atoms in total. The van der Waals surface area contributed by atoms with Crippen LogP contribution in [0.2, 0.25) is 0 Å². The van der Waals surface area contributed by atoms with E-state index in [1.54, 1.807) is 0 Å². The first-order chi connectivity index (χ1) is 14.1. The Bertz CT molecular complexity index is 988. The summed E-state index contributed by atoms with van der Waals surface area (Å²) < 4.78 is 0. The molecular formula is C23H29N5O. The second kappa shape index (κ2) is 8.66. The first-order valence-corrected chi connectivity index (χ1v) is 10.5. The van der Waals surface area contributed by atoms with Crippen molar-refractivity contribution in [3.8, 4) is 0 Å². The van der Waals surface area contributed by atoms with Gasteiger partial charge < -0.3 is 15.2 Å². The monoisotopic (exact) mass is 391 g/mol. The average Bonchev–Trinajstić information content (AvgIpc) is 3.14. The molecule has 3 aromatic rings. The van der Waals surface area contributed by atoms with E-state index in [0.29, 0.717) is 11.7 Å². The Kier molecular flexibility index (Phi) is 5.81. The first-order valence-electron chi connectivity index (χ1n) is 10.5. The number of nitrogens with zero attached hydrogens (tertiary/aromatic N) is 2. The number of hydrogen-bond donors (Lipinski definition) is 3. The van der Waals surface area contributed by atoms with E-state index in [0.717, 1.165) is 48.2 Å². The number of piperidine rings is 1. The number of urea groups is 1. The van der Waals surface area contributed by atoms with Crippen LogP contribution in [-0.2, 0) is 0 Å². The smallest absolute Gasteiger partial charge is 0.324 e. The number of pyridine rings is 1. The molecule has 1 fully saturated rings. The van der Waals surface area contributed by atoms with Gasteiger partial charge in [0.15, 0.2) is 0 Å². The number of amides is 2. The number of carbonyl (C=O) groups excluding carboxylic acids is 1. The number of aryl methyl sites for hydroxylation is 1. The predicted molar refractivity (Wildman–Crippen MR) is 119 cm³/mol. The van der Waals surface area contributed by atoms with Crippen molar-refractivity contribution in [2.24, 2.45) is 0 Å². The van der Waals surface area contributed by atoms with Gasteiger partial charge in [-0.25, -0.2) is 9.78 Å². The Hall–Kier alpha value is -2.86. The fraction of sp³-hybridized carbons (Fsp3) is 0.391. The molecule has 2 amide bonds. The highest BCUT2D eigenvalue weighted by Gasteiger charge is 2.23. The minimum absolute atomic E-state index is 0.281. The molecule has 2 aromatic heterocycles. The highest BCUT2D eigenvalue weighted by Crippen LogP contribution is 2.33. The molecule has 0 saturated carbocycles. The van der Waals surface area contributed by atoms with Gasteiger partial charge in [0.25, 0.3) is 0 Å². The maximum Gasteiger partial charge on any atom is 0.324 e. The van der Waals surface area contributed by atoms with E-state index in [9.17, 15) is 4.79 Å². The van der Waals surface area contributed by atoms with Crippen LogP contribution in [0, 0.1) is 6.92 Å². The van der Waals surface area contributed by atoms with Crippen LogP contribution in [0.15, 0.2) is 42.6 Å². The highest BCUT2D eigenvalue weighted by atomic mass is 16.2. The number of fused-ring (bicyclic) bond motifs is 1. The van der Waals surface area contributed by atoms with Crippen molar-refractivity contribution in [2.45, 2.75) is 39.0 Å². The maximum atomic E-state index is 12.4. The van der Waals surface area contributed by atoms with E-state index < -0.39 is 0 Å². The van der Waals surface area contributed by atoms with Gasteiger partial charge in [0.05, 0.1) is 11.0 Å². The average molecular weight is 392 g/mol. The molecule has 0 bridgehead atoms. The molecule has 1 aromatic carbocycles. The van der Waals surface area contributed by atoms with E-state index in [1.807, 2.05) is 43.3 Å². The second-order valence-corrected chi connectivity index (χ2v) is 7.85. The van der Waals surface area contributed by atoms with Crippen LogP contribution in [0.1, 0.15) is 43.2 Å². The highest BCUT2D eigenvalue weighted by molar-refractivity contribution is 6.00. The van der Waals surface area contributed by atoms with Gasteiger partial charge in [0.2, 0.25) is 0 Å². The molecule has 0 radical (unpaired) electrons. The summed E-state index contributed by atoms with van der Waals surface area (Å²) in [5.74, 6) is 1.08. The molecule has 4 rings (SSSR count). The number of nitrogens with one attached hydrogen (secondary N) is 3. The maximum absolute atomic E-state index is 12.4. The minimum atomic E-state index is -0.281. The molecule has 6 heteroatoms. The van der Waals surface area contributed by atoms with Crippen molar-refractivity contribution in [1.82, 2.24) is 14.9 Å². The van der Waals surface area contributed by atoms with Crippen molar-refractivity contribution in [1.29, 1.82) is 0 Å². The lowest BCUT2D eigenvalue weighted by Gasteiger charge is -2.31. The van der Waals surface area contributed by atoms with Crippen LogP contribution in [0.3, 0.4) is 0 Å². The van der Waals surface area contributed by atoms with Gasteiger partial charge >= 0.3 is 6.03 Å². The minimum Gasteiger partial charge on any atom is -0.360 e. The molecular weight excluding hydrogens is 362 g/mol. The van der Waals surface area contributed by atoms with Crippen LogP contribution < -0.4 is 10.6 Å². The van der Waals surface area contributed by atoms with Gasteiger partial charge in [-0.1, -0.05) is 25.1 Å². The fourth-order valence-corrected chi connectivity index (χ4v) is 4.17. The van der Waals surface area contributed by atoms with Crippen LogP contribution in [0.25, 0.3) is 11.0 Å². The summed E-state index contributed by atoms with van der Waals surface area (Å²) in [5, 5.41) is 5.76. The number of likely N-dealkylation sites (tertiary alicyclic amines) is 1. The van der Waals surface area contributed by atoms with Crippen molar-refractivity contribution in [3.05, 3.63) is 53.7 Å². The molecule has 152 valence electrons. The summed E-state index contributed by atoms with van der Waals surface area (Å²) in [6.45, 7) is 7.67. The summed E-state index contributed by atoms with van der Waals surface area (Å²) in [7, 11) is 0. The fourth-order valence-electron chi connectivity index (χ4n) is 4.17. The molecule has 3 heterocycles.